The molecule has 1 aliphatic heterocycles. The highest BCUT2D eigenvalue weighted by Crippen LogP contribution is 2.30. The van der Waals surface area contributed by atoms with Crippen LogP contribution < -0.4 is 9.47 Å². The van der Waals surface area contributed by atoms with Crippen molar-refractivity contribution in [2.24, 2.45) is 4.99 Å². The molecule has 0 saturated heterocycles. The number of benzene rings is 1. The third-order valence-electron chi connectivity index (χ3n) is 3.58. The highest BCUT2D eigenvalue weighted by Gasteiger charge is 2.12. The predicted molar refractivity (Wildman–Crippen MR) is 71.9 cm³/mol. The van der Waals surface area contributed by atoms with Crippen molar-refractivity contribution in [1.82, 2.24) is 0 Å². The topological polar surface area (TPSA) is 30.8 Å². The fourth-order valence-corrected chi connectivity index (χ4v) is 2.56. The number of aliphatic imine (C=N–C) groups is 1. The van der Waals surface area contributed by atoms with Crippen LogP contribution in [0.4, 0.5) is 0 Å². The van der Waals surface area contributed by atoms with Crippen molar-refractivity contribution < 1.29 is 9.47 Å². The average molecular weight is 245 g/mol. The lowest BCUT2D eigenvalue weighted by atomic mass is 9.96. The zero-order chi connectivity index (χ0) is 12.2. The van der Waals surface area contributed by atoms with E-state index in [0.29, 0.717) is 19.3 Å². The van der Waals surface area contributed by atoms with Crippen molar-refractivity contribution in [2.75, 3.05) is 13.2 Å². The van der Waals surface area contributed by atoms with E-state index in [9.17, 15) is 0 Å². The summed E-state index contributed by atoms with van der Waals surface area (Å²) in [7, 11) is 0. The summed E-state index contributed by atoms with van der Waals surface area (Å²) < 4.78 is 11.1. The molecule has 3 nitrogen and oxygen atoms in total. The van der Waals surface area contributed by atoms with Crippen molar-refractivity contribution in [1.29, 1.82) is 0 Å². The van der Waals surface area contributed by atoms with Gasteiger partial charge >= 0.3 is 0 Å². The van der Waals surface area contributed by atoms with Crippen LogP contribution in [0.2, 0.25) is 0 Å². The predicted octanol–water partition coefficient (Wildman–Crippen LogP) is 3.21. The normalized spacial score (nSPS) is 20.2. The highest BCUT2D eigenvalue weighted by molar-refractivity contribution is 5.81. The van der Waals surface area contributed by atoms with E-state index in [0.717, 1.165) is 17.1 Å². The third-order valence-corrected chi connectivity index (χ3v) is 3.58. The van der Waals surface area contributed by atoms with Gasteiger partial charge in [0.1, 0.15) is 13.2 Å². The van der Waals surface area contributed by atoms with E-state index >= 15 is 0 Å². The molecule has 0 spiro atoms. The average Bonchev–Trinajstić information content (AvgIpc) is 2.46. The van der Waals surface area contributed by atoms with Gasteiger partial charge in [-0.3, -0.25) is 4.99 Å². The fourth-order valence-electron chi connectivity index (χ4n) is 2.56. The molecule has 2 aliphatic rings. The maximum absolute atomic E-state index is 5.57. The minimum Gasteiger partial charge on any atom is -0.486 e. The number of hydrogen-bond donors (Lipinski definition) is 0. The molecule has 3 heteroatoms. The Hall–Kier alpha value is -1.51. The Morgan fingerprint density at radius 1 is 1.00 bits per heavy atom. The number of rotatable bonds is 2. The molecule has 0 amide bonds. The molecule has 0 N–H and O–H groups in total. The van der Waals surface area contributed by atoms with Crippen LogP contribution in [0.1, 0.15) is 37.7 Å². The molecule has 0 aromatic heterocycles. The van der Waals surface area contributed by atoms with Gasteiger partial charge in [0.25, 0.3) is 0 Å². The SMILES string of the molecule is C(=NC1CCCCC1)c1ccc2c(c1)OCCO2. The van der Waals surface area contributed by atoms with Crippen molar-refractivity contribution in [3.63, 3.8) is 0 Å². The standard InChI is InChI=1S/C15H19NO2/c1-2-4-13(5-3-1)16-11-12-6-7-14-15(10-12)18-9-8-17-14/h6-7,10-11,13H,1-5,8-9H2. The van der Waals surface area contributed by atoms with Gasteiger partial charge in [-0.05, 0) is 36.6 Å². The number of fused-ring (bicyclic) bond motifs is 1. The van der Waals surface area contributed by atoms with E-state index < -0.39 is 0 Å². The Bertz CT molecular complexity index is 436. The largest absolute Gasteiger partial charge is 0.486 e. The Kier molecular flexibility index (Phi) is 3.49. The summed E-state index contributed by atoms with van der Waals surface area (Å²) in [5.74, 6) is 1.69. The lowest BCUT2D eigenvalue weighted by molar-refractivity contribution is 0.171. The number of hydrogen-bond acceptors (Lipinski definition) is 3. The van der Waals surface area contributed by atoms with Crippen molar-refractivity contribution in [3.8, 4) is 11.5 Å². The van der Waals surface area contributed by atoms with Crippen molar-refractivity contribution >= 4 is 6.21 Å². The van der Waals surface area contributed by atoms with Crippen LogP contribution in [0.15, 0.2) is 23.2 Å². The van der Waals surface area contributed by atoms with Crippen LogP contribution >= 0.6 is 0 Å². The molecule has 1 heterocycles. The molecule has 0 bridgehead atoms. The maximum Gasteiger partial charge on any atom is 0.162 e. The maximum atomic E-state index is 5.57. The van der Waals surface area contributed by atoms with Crippen LogP contribution in [0.25, 0.3) is 0 Å². The molecule has 1 fully saturated rings. The van der Waals surface area contributed by atoms with E-state index in [2.05, 4.69) is 4.99 Å². The van der Waals surface area contributed by atoms with Gasteiger partial charge in [0.2, 0.25) is 0 Å². The van der Waals surface area contributed by atoms with Crippen LogP contribution in [-0.4, -0.2) is 25.5 Å². The molecular formula is C15H19NO2. The summed E-state index contributed by atoms with van der Waals surface area (Å²) in [6.45, 7) is 1.28. The molecule has 1 aliphatic carbocycles. The molecule has 96 valence electrons. The minimum absolute atomic E-state index is 0.520. The van der Waals surface area contributed by atoms with E-state index in [4.69, 9.17) is 9.47 Å². The van der Waals surface area contributed by atoms with Crippen LogP contribution in [0.3, 0.4) is 0 Å². The lowest BCUT2D eigenvalue weighted by Crippen LogP contribution is -2.15. The summed E-state index contributed by atoms with van der Waals surface area (Å²) in [4.78, 5) is 4.68. The zero-order valence-corrected chi connectivity index (χ0v) is 10.6. The fraction of sp³-hybridized carbons (Fsp3) is 0.533. The van der Waals surface area contributed by atoms with Gasteiger partial charge in [0, 0.05) is 12.3 Å². The first-order valence-electron chi connectivity index (χ1n) is 6.85. The zero-order valence-electron chi connectivity index (χ0n) is 10.6. The van der Waals surface area contributed by atoms with E-state index in [1.807, 2.05) is 24.4 Å². The summed E-state index contributed by atoms with van der Waals surface area (Å²) >= 11 is 0. The van der Waals surface area contributed by atoms with Gasteiger partial charge in [-0.1, -0.05) is 19.3 Å². The molecule has 1 saturated carbocycles. The molecular weight excluding hydrogens is 226 g/mol. The molecule has 0 radical (unpaired) electrons. The van der Waals surface area contributed by atoms with Gasteiger partial charge in [-0.15, -0.1) is 0 Å². The summed E-state index contributed by atoms with van der Waals surface area (Å²) in [6, 6.07) is 6.55. The monoisotopic (exact) mass is 245 g/mol. The Balaban J connectivity index is 1.70. The third kappa shape index (κ3) is 2.66. The quantitative estimate of drug-likeness (QED) is 0.749. The van der Waals surface area contributed by atoms with Gasteiger partial charge in [0.15, 0.2) is 11.5 Å². The van der Waals surface area contributed by atoms with Gasteiger partial charge < -0.3 is 9.47 Å². The molecule has 0 atom stereocenters. The Labute approximate surface area is 108 Å². The second-order valence-electron chi connectivity index (χ2n) is 4.97. The minimum atomic E-state index is 0.520. The van der Waals surface area contributed by atoms with Crippen LogP contribution in [0.5, 0.6) is 11.5 Å². The molecule has 18 heavy (non-hydrogen) atoms. The van der Waals surface area contributed by atoms with Crippen molar-refractivity contribution in [3.05, 3.63) is 23.8 Å². The second-order valence-corrected chi connectivity index (χ2v) is 4.97. The second kappa shape index (κ2) is 5.42. The summed E-state index contributed by atoms with van der Waals surface area (Å²) in [5, 5.41) is 0. The van der Waals surface area contributed by atoms with Gasteiger partial charge in [0.05, 0.1) is 0 Å². The first-order valence-corrected chi connectivity index (χ1v) is 6.85. The number of nitrogens with zero attached hydrogens (tertiary/aromatic N) is 1. The smallest absolute Gasteiger partial charge is 0.162 e. The van der Waals surface area contributed by atoms with Gasteiger partial charge in [-0.2, -0.15) is 0 Å². The Morgan fingerprint density at radius 3 is 2.61 bits per heavy atom. The highest BCUT2D eigenvalue weighted by atomic mass is 16.6. The Morgan fingerprint density at radius 2 is 1.78 bits per heavy atom. The molecule has 0 unspecified atom stereocenters. The number of ether oxygens (including phenoxy) is 2. The first kappa shape index (κ1) is 11.6. The molecule has 1 aromatic rings. The van der Waals surface area contributed by atoms with Crippen LogP contribution in [0, 0.1) is 0 Å². The molecule has 1 aromatic carbocycles. The van der Waals surface area contributed by atoms with E-state index in [1.165, 1.54) is 32.1 Å². The first-order chi connectivity index (χ1) is 8.92. The molecule has 3 rings (SSSR count). The summed E-state index contributed by atoms with van der Waals surface area (Å²) in [5.41, 5.74) is 1.10. The van der Waals surface area contributed by atoms with E-state index in [-0.39, 0.29) is 0 Å². The lowest BCUT2D eigenvalue weighted by Gasteiger charge is -2.19. The summed E-state index contributed by atoms with van der Waals surface area (Å²) in [6.07, 6.45) is 8.47. The van der Waals surface area contributed by atoms with E-state index in [1.54, 1.807) is 0 Å². The van der Waals surface area contributed by atoms with Crippen molar-refractivity contribution in [2.45, 2.75) is 38.1 Å². The van der Waals surface area contributed by atoms with Crippen LogP contribution in [-0.2, 0) is 0 Å². The van der Waals surface area contributed by atoms with Gasteiger partial charge in [-0.25, -0.2) is 0 Å².